The number of nitrogens with two attached hydrogens (primary N) is 2. The van der Waals surface area contributed by atoms with Gasteiger partial charge in [0.1, 0.15) is 5.82 Å². The normalized spacial score (nSPS) is 10.8. The summed E-state index contributed by atoms with van der Waals surface area (Å²) in [4.78, 5) is 7.89. The molecule has 4 nitrogen and oxygen atoms in total. The van der Waals surface area contributed by atoms with E-state index in [1.807, 2.05) is 6.92 Å². The first-order chi connectivity index (χ1) is 5.65. The van der Waals surface area contributed by atoms with Crippen molar-refractivity contribution in [3.05, 3.63) is 17.3 Å². The largest absolute Gasteiger partial charge is 0.397 e. The highest BCUT2D eigenvalue weighted by Crippen LogP contribution is 2.14. The third-order valence-electron chi connectivity index (χ3n) is 1.58. The molecule has 0 unspecified atom stereocenters. The second kappa shape index (κ2) is 3.21. The second-order valence-electron chi connectivity index (χ2n) is 2.52. The van der Waals surface area contributed by atoms with Gasteiger partial charge in [0.25, 0.3) is 0 Å². The Balaban J connectivity index is 3.23. The maximum absolute atomic E-state index is 5.64. The van der Waals surface area contributed by atoms with Crippen LogP contribution in [0.5, 0.6) is 0 Å². The number of rotatable bonds is 1. The van der Waals surface area contributed by atoms with Gasteiger partial charge in [0, 0.05) is 18.8 Å². The average molecular weight is 164 g/mol. The third-order valence-corrected chi connectivity index (χ3v) is 1.58. The lowest BCUT2D eigenvalue weighted by Gasteiger charge is -2.03. The smallest absolute Gasteiger partial charge is 0.132 e. The summed E-state index contributed by atoms with van der Waals surface area (Å²) in [6.45, 7) is 1.82. The van der Waals surface area contributed by atoms with Crippen LogP contribution < -0.4 is 11.5 Å². The Morgan fingerprint density at radius 1 is 1.50 bits per heavy atom. The van der Waals surface area contributed by atoms with Crippen molar-refractivity contribution in [3.8, 4) is 0 Å². The number of nitrogens with zero attached hydrogens (tertiary/aromatic N) is 2. The number of hydrogen-bond donors (Lipinski definition) is 2. The fourth-order valence-electron chi connectivity index (χ4n) is 0.898. The maximum atomic E-state index is 5.64. The Bertz CT molecular complexity index is 317. The lowest BCUT2D eigenvalue weighted by molar-refractivity contribution is 1.21. The van der Waals surface area contributed by atoms with Crippen LogP contribution in [0.15, 0.2) is 11.1 Å². The van der Waals surface area contributed by atoms with Crippen LogP contribution >= 0.6 is 0 Å². The van der Waals surface area contributed by atoms with Crippen LogP contribution in [0.2, 0.25) is 0 Å². The molecule has 1 aromatic rings. The van der Waals surface area contributed by atoms with Gasteiger partial charge in [0.15, 0.2) is 0 Å². The number of anilines is 2. The molecule has 0 atom stereocenters. The highest BCUT2D eigenvalue weighted by Gasteiger charge is 2.01. The molecule has 0 aromatic carbocycles. The second-order valence-corrected chi connectivity index (χ2v) is 2.52. The predicted octanol–water partition coefficient (Wildman–Crippen LogP) is 0.603. The zero-order valence-corrected chi connectivity index (χ0v) is 7.20. The molecule has 0 aliphatic heterocycles. The average Bonchev–Trinajstić information content (AvgIpc) is 2.01. The number of aromatic nitrogens is 1. The Morgan fingerprint density at radius 3 is 2.75 bits per heavy atom. The van der Waals surface area contributed by atoms with Gasteiger partial charge in [-0.1, -0.05) is 0 Å². The number of pyridine rings is 1. The van der Waals surface area contributed by atoms with Gasteiger partial charge in [-0.3, -0.25) is 4.99 Å². The summed E-state index contributed by atoms with van der Waals surface area (Å²) in [5.74, 6) is 0.465. The van der Waals surface area contributed by atoms with E-state index in [2.05, 4.69) is 9.98 Å². The number of nitrogen functional groups attached to an aromatic ring is 2. The van der Waals surface area contributed by atoms with Crippen molar-refractivity contribution >= 4 is 17.7 Å². The van der Waals surface area contributed by atoms with Crippen molar-refractivity contribution in [3.63, 3.8) is 0 Å². The Labute approximate surface area is 71.3 Å². The van der Waals surface area contributed by atoms with Crippen LogP contribution in [0, 0.1) is 6.92 Å². The first-order valence-corrected chi connectivity index (χ1v) is 3.60. The zero-order valence-electron chi connectivity index (χ0n) is 7.20. The van der Waals surface area contributed by atoms with Gasteiger partial charge in [-0.25, -0.2) is 4.98 Å². The first kappa shape index (κ1) is 8.52. The lowest BCUT2D eigenvalue weighted by Crippen LogP contribution is -2.02. The molecule has 1 rings (SSSR count). The summed E-state index contributed by atoms with van der Waals surface area (Å²) in [5.41, 5.74) is 13.4. The van der Waals surface area contributed by atoms with Crippen molar-refractivity contribution in [1.82, 2.24) is 4.98 Å². The van der Waals surface area contributed by atoms with Crippen LogP contribution in [0.1, 0.15) is 11.3 Å². The van der Waals surface area contributed by atoms with Gasteiger partial charge in [0.2, 0.25) is 0 Å². The maximum Gasteiger partial charge on any atom is 0.132 e. The van der Waals surface area contributed by atoms with Gasteiger partial charge in [-0.2, -0.15) is 0 Å². The molecule has 12 heavy (non-hydrogen) atoms. The minimum absolute atomic E-state index is 0.465. The minimum atomic E-state index is 0.465. The van der Waals surface area contributed by atoms with Crippen molar-refractivity contribution in [2.75, 3.05) is 18.5 Å². The highest BCUT2D eigenvalue weighted by molar-refractivity contribution is 5.87. The molecule has 0 radical (unpaired) electrons. The summed E-state index contributed by atoms with van der Waals surface area (Å²) in [6, 6.07) is 1.77. The molecule has 0 saturated carbocycles. The molecule has 0 saturated heterocycles. The molecule has 0 fully saturated rings. The highest BCUT2D eigenvalue weighted by atomic mass is 14.9. The minimum Gasteiger partial charge on any atom is -0.397 e. The van der Waals surface area contributed by atoms with E-state index < -0.39 is 0 Å². The van der Waals surface area contributed by atoms with E-state index in [4.69, 9.17) is 11.5 Å². The molecule has 0 aliphatic carbocycles. The van der Waals surface area contributed by atoms with Gasteiger partial charge in [-0.15, -0.1) is 0 Å². The van der Waals surface area contributed by atoms with Crippen LogP contribution in [0.4, 0.5) is 11.5 Å². The molecule has 64 valence electrons. The summed E-state index contributed by atoms with van der Waals surface area (Å²) in [5, 5.41) is 0. The predicted molar refractivity (Wildman–Crippen MR) is 51.3 cm³/mol. The van der Waals surface area contributed by atoms with E-state index in [0.717, 1.165) is 11.3 Å². The van der Waals surface area contributed by atoms with Crippen molar-refractivity contribution < 1.29 is 0 Å². The van der Waals surface area contributed by atoms with Crippen molar-refractivity contribution in [1.29, 1.82) is 0 Å². The third kappa shape index (κ3) is 1.53. The lowest BCUT2D eigenvalue weighted by atomic mass is 10.2. The fourth-order valence-corrected chi connectivity index (χ4v) is 0.898. The van der Waals surface area contributed by atoms with Gasteiger partial charge >= 0.3 is 0 Å². The molecule has 4 heteroatoms. The zero-order chi connectivity index (χ0) is 9.14. The van der Waals surface area contributed by atoms with Gasteiger partial charge < -0.3 is 11.5 Å². The van der Waals surface area contributed by atoms with Crippen LogP contribution in [-0.4, -0.2) is 18.2 Å². The van der Waals surface area contributed by atoms with E-state index in [9.17, 15) is 0 Å². The van der Waals surface area contributed by atoms with Crippen molar-refractivity contribution in [2.45, 2.75) is 6.92 Å². The summed E-state index contributed by atoms with van der Waals surface area (Å²) >= 11 is 0. The molecule has 1 heterocycles. The van der Waals surface area contributed by atoms with Crippen LogP contribution in [-0.2, 0) is 0 Å². The van der Waals surface area contributed by atoms with Crippen LogP contribution in [0.25, 0.3) is 0 Å². The van der Waals surface area contributed by atoms with E-state index in [0.29, 0.717) is 11.5 Å². The van der Waals surface area contributed by atoms with E-state index >= 15 is 0 Å². The van der Waals surface area contributed by atoms with E-state index in [1.165, 1.54) is 0 Å². The molecule has 0 bridgehead atoms. The number of aryl methyl sites for hydroxylation is 1. The SMILES string of the molecule is CN=Cc1cc(N)c(C)nc1N. The summed E-state index contributed by atoms with van der Waals surface area (Å²) in [7, 11) is 1.68. The Morgan fingerprint density at radius 2 is 2.17 bits per heavy atom. The first-order valence-electron chi connectivity index (χ1n) is 3.60. The summed E-state index contributed by atoms with van der Waals surface area (Å²) in [6.07, 6.45) is 1.64. The molecule has 4 N–H and O–H groups in total. The molecular weight excluding hydrogens is 152 g/mol. The van der Waals surface area contributed by atoms with E-state index in [1.54, 1.807) is 19.3 Å². The van der Waals surface area contributed by atoms with Gasteiger partial charge in [0.05, 0.1) is 11.4 Å². The Kier molecular flexibility index (Phi) is 2.28. The molecular formula is C8H12N4. The monoisotopic (exact) mass is 164 g/mol. The number of aliphatic imine (C=N–C) groups is 1. The summed E-state index contributed by atoms with van der Waals surface area (Å²) < 4.78 is 0. The molecule has 0 spiro atoms. The molecule has 0 amide bonds. The Hall–Kier alpha value is -1.58. The standard InChI is InChI=1S/C8H12N4/c1-5-7(9)3-6(4-11-2)8(10)12-5/h3-4H,9H2,1-2H3,(H2,10,12). The van der Waals surface area contributed by atoms with E-state index in [-0.39, 0.29) is 0 Å². The topological polar surface area (TPSA) is 77.3 Å². The van der Waals surface area contributed by atoms with Crippen molar-refractivity contribution in [2.24, 2.45) is 4.99 Å². The molecule has 0 aliphatic rings. The molecule has 1 aromatic heterocycles. The quantitative estimate of drug-likeness (QED) is 0.597. The number of hydrogen-bond acceptors (Lipinski definition) is 4. The fraction of sp³-hybridized carbons (Fsp3) is 0.250. The van der Waals surface area contributed by atoms with Gasteiger partial charge in [-0.05, 0) is 13.0 Å². The van der Waals surface area contributed by atoms with Crippen LogP contribution in [0.3, 0.4) is 0 Å².